The number of esters is 1. The lowest BCUT2D eigenvalue weighted by Crippen LogP contribution is -2.31. The zero-order valence-electron chi connectivity index (χ0n) is 15.0. The molecule has 0 amide bonds. The van der Waals surface area contributed by atoms with Crippen molar-refractivity contribution in [2.75, 3.05) is 13.1 Å². The van der Waals surface area contributed by atoms with Crippen molar-refractivity contribution >= 4 is 16.0 Å². The van der Waals surface area contributed by atoms with Crippen molar-refractivity contribution in [2.24, 2.45) is 11.8 Å². The molecule has 1 aliphatic heterocycles. The zero-order valence-corrected chi connectivity index (χ0v) is 15.8. The van der Waals surface area contributed by atoms with E-state index in [0.29, 0.717) is 17.4 Å². The third-order valence-electron chi connectivity index (χ3n) is 5.51. The van der Waals surface area contributed by atoms with Gasteiger partial charge in [-0.2, -0.15) is 4.31 Å². The van der Waals surface area contributed by atoms with Gasteiger partial charge in [-0.1, -0.05) is 37.0 Å². The van der Waals surface area contributed by atoms with Gasteiger partial charge in [-0.15, -0.1) is 0 Å². The van der Waals surface area contributed by atoms with E-state index in [2.05, 4.69) is 0 Å². The second kappa shape index (κ2) is 7.46. The fraction of sp³-hybridized carbons (Fsp3) is 0.632. The SMILES string of the molecule is CC(=O)O[C@H]1CN(S(=O)(=O)c2ccc(C)cc2)C[C@H]1C1CCCCC1. The smallest absolute Gasteiger partial charge is 0.302 e. The van der Waals surface area contributed by atoms with Crippen LogP contribution in [0.1, 0.15) is 44.6 Å². The maximum atomic E-state index is 13.0. The molecule has 0 N–H and O–H groups in total. The fourth-order valence-electron chi connectivity index (χ4n) is 4.17. The minimum atomic E-state index is -3.55. The summed E-state index contributed by atoms with van der Waals surface area (Å²) >= 11 is 0. The molecule has 2 fully saturated rings. The highest BCUT2D eigenvalue weighted by molar-refractivity contribution is 7.89. The predicted molar refractivity (Wildman–Crippen MR) is 95.6 cm³/mol. The first-order valence-electron chi connectivity index (χ1n) is 9.12. The van der Waals surface area contributed by atoms with E-state index in [1.54, 1.807) is 12.1 Å². The van der Waals surface area contributed by atoms with Gasteiger partial charge in [-0.05, 0) is 37.8 Å². The van der Waals surface area contributed by atoms with Gasteiger partial charge in [0.1, 0.15) is 6.10 Å². The number of carbonyl (C=O) groups excluding carboxylic acids is 1. The highest BCUT2D eigenvalue weighted by Gasteiger charge is 2.44. The Kier molecular flexibility index (Phi) is 5.49. The largest absolute Gasteiger partial charge is 0.461 e. The Hall–Kier alpha value is -1.40. The molecule has 1 saturated carbocycles. The van der Waals surface area contributed by atoms with Gasteiger partial charge in [0.2, 0.25) is 10.0 Å². The maximum Gasteiger partial charge on any atom is 0.302 e. The number of benzene rings is 1. The maximum absolute atomic E-state index is 13.0. The summed E-state index contributed by atoms with van der Waals surface area (Å²) in [5.74, 6) is 0.209. The first-order chi connectivity index (χ1) is 11.9. The molecule has 3 rings (SSSR count). The number of carbonyl (C=O) groups is 1. The molecule has 6 heteroatoms. The second-order valence-electron chi connectivity index (χ2n) is 7.34. The average molecular weight is 365 g/mol. The molecule has 25 heavy (non-hydrogen) atoms. The summed E-state index contributed by atoms with van der Waals surface area (Å²) in [6, 6.07) is 6.93. The third-order valence-corrected chi connectivity index (χ3v) is 7.35. The van der Waals surface area contributed by atoms with Crippen LogP contribution in [0.15, 0.2) is 29.2 Å². The summed E-state index contributed by atoms with van der Waals surface area (Å²) in [7, 11) is -3.55. The van der Waals surface area contributed by atoms with E-state index in [1.165, 1.54) is 30.5 Å². The Labute approximate surface area is 150 Å². The first kappa shape index (κ1) is 18.4. The normalized spacial score (nSPS) is 25.8. The van der Waals surface area contributed by atoms with Crippen molar-refractivity contribution in [2.45, 2.75) is 57.0 Å². The van der Waals surface area contributed by atoms with E-state index < -0.39 is 10.0 Å². The summed E-state index contributed by atoms with van der Waals surface area (Å²) in [5.41, 5.74) is 1.03. The van der Waals surface area contributed by atoms with E-state index in [1.807, 2.05) is 19.1 Å². The summed E-state index contributed by atoms with van der Waals surface area (Å²) in [6.45, 7) is 4.03. The van der Waals surface area contributed by atoms with E-state index >= 15 is 0 Å². The van der Waals surface area contributed by atoms with Crippen LogP contribution in [0.4, 0.5) is 0 Å². The second-order valence-corrected chi connectivity index (χ2v) is 9.28. The minimum absolute atomic E-state index is 0.101. The molecule has 1 aliphatic carbocycles. The molecule has 0 radical (unpaired) electrons. The van der Waals surface area contributed by atoms with Crippen LogP contribution in [0.3, 0.4) is 0 Å². The molecule has 0 aromatic heterocycles. The van der Waals surface area contributed by atoms with Gasteiger partial charge in [-0.3, -0.25) is 4.79 Å². The van der Waals surface area contributed by atoms with Gasteiger partial charge in [0, 0.05) is 19.4 Å². The molecule has 1 saturated heterocycles. The summed E-state index contributed by atoms with van der Waals surface area (Å²) < 4.78 is 33.0. The third kappa shape index (κ3) is 4.06. The Morgan fingerprint density at radius 3 is 2.32 bits per heavy atom. The average Bonchev–Trinajstić information content (AvgIpc) is 3.00. The molecule has 5 nitrogen and oxygen atoms in total. The zero-order chi connectivity index (χ0) is 18.0. The Morgan fingerprint density at radius 2 is 1.72 bits per heavy atom. The van der Waals surface area contributed by atoms with Crippen molar-refractivity contribution in [3.05, 3.63) is 29.8 Å². The molecule has 0 spiro atoms. The van der Waals surface area contributed by atoms with Crippen LogP contribution in [-0.4, -0.2) is 37.9 Å². The Balaban J connectivity index is 1.82. The Bertz CT molecular complexity index is 707. The summed E-state index contributed by atoms with van der Waals surface area (Å²) in [4.78, 5) is 11.8. The molecule has 0 bridgehead atoms. The van der Waals surface area contributed by atoms with E-state index in [-0.39, 0.29) is 24.5 Å². The monoisotopic (exact) mass is 365 g/mol. The number of sulfonamides is 1. The van der Waals surface area contributed by atoms with Crippen LogP contribution in [-0.2, 0) is 19.6 Å². The van der Waals surface area contributed by atoms with Crippen molar-refractivity contribution < 1.29 is 17.9 Å². The van der Waals surface area contributed by atoms with Crippen LogP contribution < -0.4 is 0 Å². The fourth-order valence-corrected chi connectivity index (χ4v) is 5.66. The predicted octanol–water partition coefficient (Wildman–Crippen LogP) is 3.13. The first-order valence-corrected chi connectivity index (χ1v) is 10.6. The number of nitrogens with zero attached hydrogens (tertiary/aromatic N) is 1. The molecular weight excluding hydrogens is 338 g/mol. The van der Waals surface area contributed by atoms with Crippen molar-refractivity contribution in [3.8, 4) is 0 Å². The standard InChI is InChI=1S/C19H27NO4S/c1-14-8-10-17(11-9-14)25(22,23)20-12-18(16-6-4-3-5-7-16)19(13-20)24-15(2)21/h8-11,16,18-19H,3-7,12-13H2,1-2H3/t18-,19-/m0/s1. The molecule has 1 aromatic rings. The van der Waals surface area contributed by atoms with Crippen LogP contribution in [0, 0.1) is 18.8 Å². The molecule has 0 unspecified atom stereocenters. The number of hydrogen-bond acceptors (Lipinski definition) is 4. The van der Waals surface area contributed by atoms with Gasteiger partial charge < -0.3 is 4.74 Å². The molecule has 2 aliphatic rings. The number of ether oxygens (including phenoxy) is 1. The van der Waals surface area contributed by atoms with Crippen LogP contribution in [0.5, 0.6) is 0 Å². The van der Waals surface area contributed by atoms with E-state index in [4.69, 9.17) is 4.74 Å². The summed E-state index contributed by atoms with van der Waals surface area (Å²) in [5, 5.41) is 0. The van der Waals surface area contributed by atoms with E-state index in [0.717, 1.165) is 18.4 Å². The van der Waals surface area contributed by atoms with Crippen molar-refractivity contribution in [3.63, 3.8) is 0 Å². The Morgan fingerprint density at radius 1 is 1.08 bits per heavy atom. The van der Waals surface area contributed by atoms with Gasteiger partial charge in [0.15, 0.2) is 0 Å². The summed E-state index contributed by atoms with van der Waals surface area (Å²) in [6.07, 6.45) is 5.46. The van der Waals surface area contributed by atoms with Crippen LogP contribution >= 0.6 is 0 Å². The van der Waals surface area contributed by atoms with Gasteiger partial charge in [-0.25, -0.2) is 8.42 Å². The molecule has 1 heterocycles. The van der Waals surface area contributed by atoms with Crippen molar-refractivity contribution in [1.29, 1.82) is 0 Å². The van der Waals surface area contributed by atoms with Gasteiger partial charge in [0.25, 0.3) is 0 Å². The van der Waals surface area contributed by atoms with Crippen LogP contribution in [0.2, 0.25) is 0 Å². The molecule has 2 atom stereocenters. The molecular formula is C19H27NO4S. The number of aryl methyl sites for hydroxylation is 1. The lowest BCUT2D eigenvalue weighted by Gasteiger charge is -2.30. The lowest BCUT2D eigenvalue weighted by atomic mass is 9.78. The van der Waals surface area contributed by atoms with Crippen LogP contribution in [0.25, 0.3) is 0 Å². The molecule has 138 valence electrons. The van der Waals surface area contributed by atoms with Gasteiger partial charge in [0.05, 0.1) is 11.4 Å². The number of rotatable bonds is 4. The lowest BCUT2D eigenvalue weighted by molar-refractivity contribution is -0.148. The van der Waals surface area contributed by atoms with Crippen molar-refractivity contribution in [1.82, 2.24) is 4.31 Å². The van der Waals surface area contributed by atoms with Gasteiger partial charge >= 0.3 is 5.97 Å². The minimum Gasteiger partial charge on any atom is -0.461 e. The topological polar surface area (TPSA) is 63.7 Å². The number of hydrogen-bond donors (Lipinski definition) is 0. The quantitative estimate of drug-likeness (QED) is 0.769. The van der Waals surface area contributed by atoms with E-state index in [9.17, 15) is 13.2 Å². The highest BCUT2D eigenvalue weighted by atomic mass is 32.2. The molecule has 1 aromatic carbocycles. The highest BCUT2D eigenvalue weighted by Crippen LogP contribution is 2.38.